The maximum absolute atomic E-state index is 13.4. The Kier molecular flexibility index (Phi) is 5.29. The zero-order valence-electron chi connectivity index (χ0n) is 15.8. The van der Waals surface area contributed by atoms with E-state index < -0.39 is 0 Å². The summed E-state index contributed by atoms with van der Waals surface area (Å²) >= 11 is 0. The Bertz CT molecular complexity index is 1020. The molecule has 1 amide bonds. The molecular formula is C22H20FN3O3. The van der Waals surface area contributed by atoms with E-state index in [0.717, 1.165) is 17.0 Å². The molecule has 0 saturated heterocycles. The molecular weight excluding hydrogens is 373 g/mol. The molecule has 1 atom stereocenters. The first-order valence-corrected chi connectivity index (χ1v) is 9.21. The van der Waals surface area contributed by atoms with E-state index in [1.165, 1.54) is 17.1 Å². The molecule has 3 aromatic rings. The van der Waals surface area contributed by atoms with Gasteiger partial charge in [-0.1, -0.05) is 6.07 Å². The van der Waals surface area contributed by atoms with Crippen LogP contribution in [0.2, 0.25) is 0 Å². The van der Waals surface area contributed by atoms with E-state index in [-0.39, 0.29) is 24.3 Å². The Morgan fingerprint density at radius 3 is 2.76 bits per heavy atom. The number of hydrazone groups is 1. The van der Waals surface area contributed by atoms with E-state index in [4.69, 9.17) is 9.15 Å². The molecule has 29 heavy (non-hydrogen) atoms. The highest BCUT2D eigenvalue weighted by molar-refractivity contribution is 6.03. The van der Waals surface area contributed by atoms with Crippen molar-refractivity contribution in [1.82, 2.24) is 5.01 Å². The molecule has 4 rings (SSSR count). The molecule has 1 unspecified atom stereocenters. The van der Waals surface area contributed by atoms with Gasteiger partial charge in [0.25, 0.3) is 5.91 Å². The molecule has 6 nitrogen and oxygen atoms in total. The number of furan rings is 1. The van der Waals surface area contributed by atoms with Crippen molar-refractivity contribution in [2.24, 2.45) is 5.10 Å². The molecule has 0 fully saturated rings. The second-order valence-electron chi connectivity index (χ2n) is 6.61. The number of rotatable bonds is 6. The van der Waals surface area contributed by atoms with Gasteiger partial charge in [-0.25, -0.2) is 9.40 Å². The predicted octanol–water partition coefficient (Wildman–Crippen LogP) is 4.22. The van der Waals surface area contributed by atoms with E-state index in [1.807, 2.05) is 30.3 Å². The first-order valence-electron chi connectivity index (χ1n) is 9.21. The molecule has 0 radical (unpaired) electrons. The fourth-order valence-electron chi connectivity index (χ4n) is 3.26. The lowest BCUT2D eigenvalue weighted by Crippen LogP contribution is -2.32. The minimum atomic E-state index is -0.364. The smallest absolute Gasteiger partial charge is 0.262 e. The van der Waals surface area contributed by atoms with E-state index in [9.17, 15) is 9.18 Å². The number of anilines is 1. The predicted molar refractivity (Wildman–Crippen MR) is 107 cm³/mol. The molecule has 7 heteroatoms. The van der Waals surface area contributed by atoms with Crippen LogP contribution in [0.5, 0.6) is 5.75 Å². The molecule has 148 valence electrons. The number of ether oxygens (including phenoxy) is 1. The van der Waals surface area contributed by atoms with Gasteiger partial charge in [0.15, 0.2) is 0 Å². The van der Waals surface area contributed by atoms with Crippen molar-refractivity contribution in [3.05, 3.63) is 84.1 Å². The number of amides is 1. The number of benzene rings is 2. The van der Waals surface area contributed by atoms with Gasteiger partial charge < -0.3 is 14.5 Å². The number of hydrogen-bond donors (Lipinski definition) is 1. The van der Waals surface area contributed by atoms with Crippen LogP contribution in [0.4, 0.5) is 10.1 Å². The Morgan fingerprint density at radius 2 is 2.07 bits per heavy atom. The molecule has 0 bridgehead atoms. The summed E-state index contributed by atoms with van der Waals surface area (Å²) in [6.45, 7) is -0.0138. The number of methoxy groups -OCH3 is 1. The van der Waals surface area contributed by atoms with Gasteiger partial charge in [-0.2, -0.15) is 5.10 Å². The Hall–Kier alpha value is -3.61. The van der Waals surface area contributed by atoms with Crippen molar-refractivity contribution in [3.8, 4) is 5.75 Å². The third kappa shape index (κ3) is 4.13. The molecule has 1 N–H and O–H groups in total. The van der Waals surface area contributed by atoms with Crippen LogP contribution in [0.3, 0.4) is 0 Å². The van der Waals surface area contributed by atoms with Crippen LogP contribution in [-0.2, 0) is 4.79 Å². The SMILES string of the molecule is COc1ccc(C2=NN(C(=O)CNc3cccc(F)c3)C(c3ccco3)C2)cc1. The molecule has 0 saturated carbocycles. The van der Waals surface area contributed by atoms with Gasteiger partial charge in [0, 0.05) is 12.1 Å². The zero-order valence-corrected chi connectivity index (χ0v) is 15.8. The number of nitrogens with zero attached hydrogens (tertiary/aromatic N) is 2. The molecule has 1 aromatic heterocycles. The number of carbonyl (C=O) groups is 1. The zero-order chi connectivity index (χ0) is 20.2. The van der Waals surface area contributed by atoms with Gasteiger partial charge in [-0.05, 0) is 60.2 Å². The normalized spacial score (nSPS) is 15.9. The summed E-state index contributed by atoms with van der Waals surface area (Å²) in [7, 11) is 1.61. The average Bonchev–Trinajstić information content (AvgIpc) is 3.42. The minimum absolute atomic E-state index is 0.0138. The summed E-state index contributed by atoms with van der Waals surface area (Å²) in [5.41, 5.74) is 2.23. The van der Waals surface area contributed by atoms with Crippen molar-refractivity contribution < 1.29 is 18.3 Å². The fraction of sp³-hybridized carbons (Fsp3) is 0.182. The summed E-state index contributed by atoms with van der Waals surface area (Å²) in [4.78, 5) is 12.9. The standard InChI is InChI=1S/C22H20FN3O3/c1-28-18-9-7-15(8-10-18)19-13-20(21-6-3-11-29-21)26(25-19)22(27)14-24-17-5-2-4-16(23)12-17/h2-12,20,24H,13-14H2,1H3. The largest absolute Gasteiger partial charge is 0.497 e. The van der Waals surface area contributed by atoms with Crippen LogP contribution in [0.15, 0.2) is 76.4 Å². The number of carbonyl (C=O) groups excluding carboxylic acids is 1. The highest BCUT2D eigenvalue weighted by Crippen LogP contribution is 2.33. The second kappa shape index (κ2) is 8.18. The topological polar surface area (TPSA) is 67.1 Å². The quantitative estimate of drug-likeness (QED) is 0.681. The van der Waals surface area contributed by atoms with Gasteiger partial charge in [-0.3, -0.25) is 4.79 Å². The Balaban J connectivity index is 1.54. The third-order valence-corrected chi connectivity index (χ3v) is 4.73. The molecule has 0 aliphatic carbocycles. The lowest BCUT2D eigenvalue weighted by molar-refractivity contribution is -0.131. The summed E-state index contributed by atoms with van der Waals surface area (Å²) in [5.74, 6) is 0.814. The van der Waals surface area contributed by atoms with Crippen molar-refractivity contribution in [2.75, 3.05) is 19.0 Å². The van der Waals surface area contributed by atoms with Crippen molar-refractivity contribution in [1.29, 1.82) is 0 Å². The van der Waals surface area contributed by atoms with Crippen LogP contribution < -0.4 is 10.1 Å². The number of hydrogen-bond acceptors (Lipinski definition) is 5. The van der Waals surface area contributed by atoms with Crippen molar-refractivity contribution in [3.63, 3.8) is 0 Å². The van der Waals surface area contributed by atoms with Gasteiger partial charge in [-0.15, -0.1) is 0 Å². The highest BCUT2D eigenvalue weighted by atomic mass is 19.1. The summed E-state index contributed by atoms with van der Waals surface area (Å²) in [6.07, 6.45) is 2.11. The van der Waals surface area contributed by atoms with Crippen molar-refractivity contribution >= 4 is 17.3 Å². The number of nitrogens with one attached hydrogen (secondary N) is 1. The van der Waals surface area contributed by atoms with Gasteiger partial charge >= 0.3 is 0 Å². The van der Waals surface area contributed by atoms with Gasteiger partial charge in [0.2, 0.25) is 0 Å². The Labute approximate surface area is 167 Å². The maximum atomic E-state index is 13.4. The third-order valence-electron chi connectivity index (χ3n) is 4.73. The summed E-state index contributed by atoms with van der Waals surface area (Å²) in [6, 6.07) is 16.8. The lowest BCUT2D eigenvalue weighted by atomic mass is 10.0. The summed E-state index contributed by atoms with van der Waals surface area (Å²) < 4.78 is 24.1. The molecule has 1 aliphatic rings. The second-order valence-corrected chi connectivity index (χ2v) is 6.61. The van der Waals surface area contributed by atoms with Crippen LogP contribution in [-0.4, -0.2) is 30.3 Å². The first kappa shape index (κ1) is 18.7. The maximum Gasteiger partial charge on any atom is 0.262 e. The molecule has 0 spiro atoms. The molecule has 2 aromatic carbocycles. The minimum Gasteiger partial charge on any atom is -0.497 e. The van der Waals surface area contributed by atoms with Gasteiger partial charge in [0.05, 0.1) is 25.6 Å². The first-order chi connectivity index (χ1) is 14.1. The van der Waals surface area contributed by atoms with Crippen LogP contribution in [0.1, 0.15) is 23.8 Å². The van der Waals surface area contributed by atoms with Crippen LogP contribution in [0.25, 0.3) is 0 Å². The highest BCUT2D eigenvalue weighted by Gasteiger charge is 2.34. The molecule has 2 heterocycles. The monoisotopic (exact) mass is 393 g/mol. The van der Waals surface area contributed by atoms with Crippen LogP contribution >= 0.6 is 0 Å². The van der Waals surface area contributed by atoms with Gasteiger partial charge in [0.1, 0.15) is 23.4 Å². The van der Waals surface area contributed by atoms with E-state index in [0.29, 0.717) is 17.9 Å². The van der Waals surface area contributed by atoms with E-state index in [1.54, 1.807) is 31.6 Å². The summed E-state index contributed by atoms with van der Waals surface area (Å²) in [5, 5.41) is 8.95. The van der Waals surface area contributed by atoms with E-state index >= 15 is 0 Å². The van der Waals surface area contributed by atoms with Crippen molar-refractivity contribution in [2.45, 2.75) is 12.5 Å². The number of halogens is 1. The average molecular weight is 393 g/mol. The molecule has 1 aliphatic heterocycles. The van der Waals surface area contributed by atoms with E-state index in [2.05, 4.69) is 10.4 Å². The Morgan fingerprint density at radius 1 is 1.24 bits per heavy atom. The lowest BCUT2D eigenvalue weighted by Gasteiger charge is -2.20. The fourth-order valence-corrected chi connectivity index (χ4v) is 3.26. The van der Waals surface area contributed by atoms with Crippen LogP contribution in [0, 0.1) is 5.82 Å².